The molecule has 1 aromatic heterocycles. The summed E-state index contributed by atoms with van der Waals surface area (Å²) in [6.45, 7) is 3.99. The lowest BCUT2D eigenvalue weighted by Gasteiger charge is -2.45. The minimum Gasteiger partial charge on any atom is -0.464 e. The Kier molecular flexibility index (Phi) is 5.51. The summed E-state index contributed by atoms with van der Waals surface area (Å²) in [5, 5.41) is 1.65. The maximum Gasteiger partial charge on any atom is 0.338 e. The number of rotatable bonds is 4. The molecule has 0 aliphatic carbocycles. The number of amides is 1. The van der Waals surface area contributed by atoms with Gasteiger partial charge in [0.2, 0.25) is 5.91 Å². The molecule has 0 fully saturated rings. The topological polar surface area (TPSA) is 62.4 Å². The maximum atomic E-state index is 13.2. The molecule has 1 aliphatic rings. The van der Waals surface area contributed by atoms with Crippen molar-refractivity contribution in [2.45, 2.75) is 25.3 Å². The average molecular weight is 445 g/mol. The van der Waals surface area contributed by atoms with Crippen LogP contribution < -0.4 is 0 Å². The van der Waals surface area contributed by atoms with Crippen LogP contribution in [0.5, 0.6) is 0 Å². The lowest BCUT2D eigenvalue weighted by molar-refractivity contribution is -0.164. The van der Waals surface area contributed by atoms with Gasteiger partial charge in [-0.25, -0.2) is 4.79 Å². The molecule has 3 aromatic rings. The quantitative estimate of drug-likeness (QED) is 0.463. The van der Waals surface area contributed by atoms with Crippen LogP contribution in [-0.4, -0.2) is 40.8 Å². The standard InChI is InChI=1S/C23H22Cl2N2O3/c1-3-30-22(29)23(2)21-20(16-6-4-5-7-18(16)26-21)17(13-27(23)19(28)12-24)14-8-10-15(25)11-9-14/h4-11,17,26H,3,12-13H2,1-2H3/t17-,23+/m0/s1. The molecule has 5 nitrogen and oxygen atoms in total. The Bertz CT molecular complexity index is 1110. The minimum atomic E-state index is -1.31. The summed E-state index contributed by atoms with van der Waals surface area (Å²) in [5.74, 6) is -1.18. The van der Waals surface area contributed by atoms with Gasteiger partial charge in [-0.3, -0.25) is 4.79 Å². The van der Waals surface area contributed by atoms with Crippen LogP contribution in [0.15, 0.2) is 48.5 Å². The van der Waals surface area contributed by atoms with E-state index in [2.05, 4.69) is 4.98 Å². The number of hydrogen-bond donors (Lipinski definition) is 1. The zero-order valence-corrected chi connectivity index (χ0v) is 18.3. The third-order valence-corrected chi connectivity index (χ3v) is 6.33. The monoisotopic (exact) mass is 444 g/mol. The molecule has 2 heterocycles. The Morgan fingerprint density at radius 3 is 2.57 bits per heavy atom. The third kappa shape index (κ3) is 3.17. The number of carbonyl (C=O) groups is 2. The highest BCUT2D eigenvalue weighted by Crippen LogP contribution is 2.46. The van der Waals surface area contributed by atoms with Crippen LogP contribution in [0.2, 0.25) is 5.02 Å². The van der Waals surface area contributed by atoms with Gasteiger partial charge in [0.25, 0.3) is 0 Å². The molecule has 2 aromatic carbocycles. The highest BCUT2D eigenvalue weighted by molar-refractivity contribution is 6.30. The molecule has 4 rings (SSSR count). The summed E-state index contributed by atoms with van der Waals surface area (Å²) in [6, 6.07) is 15.5. The molecule has 1 aliphatic heterocycles. The summed E-state index contributed by atoms with van der Waals surface area (Å²) >= 11 is 12.0. The first-order chi connectivity index (χ1) is 14.4. The number of fused-ring (bicyclic) bond motifs is 3. The van der Waals surface area contributed by atoms with Gasteiger partial charge >= 0.3 is 5.97 Å². The number of esters is 1. The largest absolute Gasteiger partial charge is 0.464 e. The maximum absolute atomic E-state index is 13.2. The van der Waals surface area contributed by atoms with Gasteiger partial charge in [0, 0.05) is 28.4 Å². The number of nitrogens with one attached hydrogen (secondary N) is 1. The molecule has 0 radical (unpaired) electrons. The summed E-state index contributed by atoms with van der Waals surface area (Å²) in [4.78, 5) is 31.0. The Labute approximate surface area is 184 Å². The number of para-hydroxylation sites is 1. The Morgan fingerprint density at radius 2 is 1.90 bits per heavy atom. The van der Waals surface area contributed by atoms with Gasteiger partial charge in [0.05, 0.1) is 12.3 Å². The molecule has 7 heteroatoms. The van der Waals surface area contributed by atoms with E-state index in [1.165, 1.54) is 4.90 Å². The van der Waals surface area contributed by atoms with Crippen LogP contribution in [-0.2, 0) is 19.9 Å². The van der Waals surface area contributed by atoms with Crippen molar-refractivity contribution in [3.63, 3.8) is 0 Å². The number of alkyl halides is 1. The summed E-state index contributed by atoms with van der Waals surface area (Å²) < 4.78 is 5.41. The number of halogens is 2. The number of benzene rings is 2. The van der Waals surface area contributed by atoms with Gasteiger partial charge in [-0.05, 0) is 43.2 Å². The predicted octanol–water partition coefficient (Wildman–Crippen LogP) is 4.81. The fourth-order valence-electron chi connectivity index (χ4n) is 4.38. The van der Waals surface area contributed by atoms with Crippen LogP contribution >= 0.6 is 23.2 Å². The second-order valence-corrected chi connectivity index (χ2v) is 8.20. The van der Waals surface area contributed by atoms with Gasteiger partial charge < -0.3 is 14.6 Å². The van der Waals surface area contributed by atoms with Crippen molar-refractivity contribution in [3.8, 4) is 0 Å². The molecule has 1 amide bonds. The first-order valence-electron chi connectivity index (χ1n) is 9.82. The van der Waals surface area contributed by atoms with Crippen molar-refractivity contribution in [2.75, 3.05) is 19.0 Å². The average Bonchev–Trinajstić information content (AvgIpc) is 3.15. The molecule has 2 atom stereocenters. The smallest absolute Gasteiger partial charge is 0.338 e. The molecular weight excluding hydrogens is 423 g/mol. The van der Waals surface area contributed by atoms with Gasteiger partial charge in [-0.15, -0.1) is 11.6 Å². The second-order valence-electron chi connectivity index (χ2n) is 7.49. The van der Waals surface area contributed by atoms with E-state index >= 15 is 0 Å². The summed E-state index contributed by atoms with van der Waals surface area (Å²) in [7, 11) is 0. The Hall–Kier alpha value is -2.50. The molecule has 0 bridgehead atoms. The third-order valence-electron chi connectivity index (χ3n) is 5.85. The zero-order valence-electron chi connectivity index (χ0n) is 16.7. The highest BCUT2D eigenvalue weighted by Gasteiger charge is 2.52. The predicted molar refractivity (Wildman–Crippen MR) is 118 cm³/mol. The van der Waals surface area contributed by atoms with Crippen molar-refractivity contribution < 1.29 is 14.3 Å². The van der Waals surface area contributed by atoms with E-state index in [1.807, 2.05) is 48.5 Å². The normalized spacial score (nSPS) is 20.8. The van der Waals surface area contributed by atoms with Gasteiger partial charge in [0.15, 0.2) is 5.54 Å². The minimum absolute atomic E-state index is 0.150. The fourth-order valence-corrected chi connectivity index (χ4v) is 4.65. The molecule has 0 saturated heterocycles. The van der Waals surface area contributed by atoms with E-state index < -0.39 is 11.5 Å². The van der Waals surface area contributed by atoms with Crippen molar-refractivity contribution in [3.05, 3.63) is 70.4 Å². The van der Waals surface area contributed by atoms with Crippen LogP contribution in [0, 0.1) is 0 Å². The molecule has 1 N–H and O–H groups in total. The van der Waals surface area contributed by atoms with Crippen LogP contribution in [0.1, 0.15) is 36.6 Å². The van der Waals surface area contributed by atoms with Crippen LogP contribution in [0.3, 0.4) is 0 Å². The van der Waals surface area contributed by atoms with Crippen LogP contribution in [0.4, 0.5) is 0 Å². The lowest BCUT2D eigenvalue weighted by Crippen LogP contribution is -2.58. The molecule has 0 unspecified atom stereocenters. The van der Waals surface area contributed by atoms with E-state index in [1.54, 1.807) is 13.8 Å². The molecule has 30 heavy (non-hydrogen) atoms. The van der Waals surface area contributed by atoms with Crippen molar-refractivity contribution in [1.29, 1.82) is 0 Å². The molecular formula is C23H22Cl2N2O3. The number of aromatic nitrogens is 1. The number of H-pyrrole nitrogens is 1. The second kappa shape index (κ2) is 7.97. The highest BCUT2D eigenvalue weighted by atomic mass is 35.5. The molecule has 156 valence electrons. The van der Waals surface area contributed by atoms with E-state index in [-0.39, 0.29) is 24.3 Å². The van der Waals surface area contributed by atoms with E-state index in [4.69, 9.17) is 27.9 Å². The molecule has 0 saturated carbocycles. The number of carbonyl (C=O) groups excluding carboxylic acids is 2. The van der Waals surface area contributed by atoms with E-state index in [0.29, 0.717) is 17.3 Å². The van der Waals surface area contributed by atoms with E-state index in [9.17, 15) is 9.59 Å². The van der Waals surface area contributed by atoms with Crippen molar-refractivity contribution in [1.82, 2.24) is 9.88 Å². The molecule has 0 spiro atoms. The summed E-state index contributed by atoms with van der Waals surface area (Å²) in [5.41, 5.74) is 2.24. The number of nitrogens with zero attached hydrogens (tertiary/aromatic N) is 1. The number of aromatic amines is 1. The van der Waals surface area contributed by atoms with Gasteiger partial charge in [0.1, 0.15) is 5.88 Å². The first kappa shape index (κ1) is 20.8. The number of ether oxygens (including phenoxy) is 1. The SMILES string of the molecule is CCOC(=O)[C@@]1(C)c2[nH]c3ccccc3c2[C@H](c2ccc(Cl)cc2)CN1C(=O)CCl. The van der Waals surface area contributed by atoms with Gasteiger partial charge in [-0.2, -0.15) is 0 Å². The van der Waals surface area contributed by atoms with Gasteiger partial charge in [-0.1, -0.05) is 41.9 Å². The first-order valence-corrected chi connectivity index (χ1v) is 10.7. The van der Waals surface area contributed by atoms with Crippen molar-refractivity contribution >= 4 is 46.0 Å². The Morgan fingerprint density at radius 1 is 1.20 bits per heavy atom. The summed E-state index contributed by atoms with van der Waals surface area (Å²) in [6.07, 6.45) is 0. The van der Waals surface area contributed by atoms with E-state index in [0.717, 1.165) is 22.0 Å². The Balaban J connectivity index is 2.01. The van der Waals surface area contributed by atoms with Crippen LogP contribution in [0.25, 0.3) is 10.9 Å². The fraction of sp³-hybridized carbons (Fsp3) is 0.304. The number of hydrogen-bond acceptors (Lipinski definition) is 3. The van der Waals surface area contributed by atoms with Crippen molar-refractivity contribution in [2.24, 2.45) is 0 Å². The zero-order chi connectivity index (χ0) is 21.5. The lowest BCUT2D eigenvalue weighted by atomic mass is 9.78.